The highest BCUT2D eigenvalue weighted by atomic mass is 16.6. The zero-order valence-corrected chi connectivity index (χ0v) is 24.7. The summed E-state index contributed by atoms with van der Waals surface area (Å²) in [5.74, 6) is -0.307. The molecule has 228 valence electrons. The fourth-order valence-electron chi connectivity index (χ4n) is 4.57. The molecule has 1 aliphatic rings. The maximum Gasteiger partial charge on any atom is 0.332 e. The second-order valence-corrected chi connectivity index (χ2v) is 10.2. The van der Waals surface area contributed by atoms with Crippen molar-refractivity contribution in [3.05, 3.63) is 65.7 Å². The molecule has 0 saturated carbocycles. The first-order valence-corrected chi connectivity index (χ1v) is 14.0. The van der Waals surface area contributed by atoms with E-state index >= 15 is 0 Å². The summed E-state index contributed by atoms with van der Waals surface area (Å²) in [6.07, 6.45) is 0.709. The lowest BCUT2D eigenvalue weighted by molar-refractivity contribution is -0.151. The van der Waals surface area contributed by atoms with Crippen LogP contribution in [0.25, 0.3) is 0 Å². The monoisotopic (exact) mass is 583 g/mol. The Bertz CT molecular complexity index is 1160. The number of carbonyl (C=O) groups is 4. The Morgan fingerprint density at radius 3 is 2.31 bits per heavy atom. The minimum atomic E-state index is -0.516. The molecular weight excluding hydrogens is 542 g/mol. The van der Waals surface area contributed by atoms with Gasteiger partial charge in [-0.05, 0) is 29.7 Å². The van der Waals surface area contributed by atoms with Gasteiger partial charge in [-0.25, -0.2) is 4.79 Å². The molecule has 11 heteroatoms. The van der Waals surface area contributed by atoms with Crippen LogP contribution in [0.3, 0.4) is 0 Å². The van der Waals surface area contributed by atoms with Crippen LogP contribution in [0.5, 0.6) is 5.75 Å². The molecule has 42 heavy (non-hydrogen) atoms. The van der Waals surface area contributed by atoms with Crippen molar-refractivity contribution >= 4 is 23.8 Å². The first-order valence-electron chi connectivity index (χ1n) is 14.0. The van der Waals surface area contributed by atoms with Gasteiger partial charge in [-0.1, -0.05) is 42.5 Å². The molecule has 2 aromatic rings. The molecule has 0 bridgehead atoms. The van der Waals surface area contributed by atoms with Crippen LogP contribution in [0.4, 0.5) is 0 Å². The average Bonchev–Trinajstić information content (AvgIpc) is 3.00. The molecule has 0 aliphatic carbocycles. The Balaban J connectivity index is 1.50. The van der Waals surface area contributed by atoms with Crippen molar-refractivity contribution in [1.82, 2.24) is 14.7 Å². The smallest absolute Gasteiger partial charge is 0.332 e. The molecule has 0 aromatic heterocycles. The zero-order chi connectivity index (χ0) is 30.3. The van der Waals surface area contributed by atoms with E-state index in [1.54, 1.807) is 24.0 Å². The number of ether oxygens (including phenoxy) is 4. The molecule has 1 heterocycles. The van der Waals surface area contributed by atoms with Crippen LogP contribution >= 0.6 is 0 Å². The van der Waals surface area contributed by atoms with Gasteiger partial charge in [0.15, 0.2) is 0 Å². The molecule has 1 unspecified atom stereocenters. The summed E-state index contributed by atoms with van der Waals surface area (Å²) in [4.78, 5) is 55.4. The summed E-state index contributed by atoms with van der Waals surface area (Å²) in [5, 5.41) is 0. The molecule has 1 fully saturated rings. The highest BCUT2D eigenvalue weighted by molar-refractivity contribution is 5.79. The molecule has 1 saturated heterocycles. The zero-order valence-electron chi connectivity index (χ0n) is 24.7. The topological polar surface area (TPSA) is 115 Å². The average molecular weight is 584 g/mol. The maximum absolute atomic E-state index is 13.1. The molecule has 2 amide bonds. The van der Waals surface area contributed by atoms with Gasteiger partial charge in [-0.2, -0.15) is 0 Å². The quantitative estimate of drug-likeness (QED) is 0.291. The number of piperazine rings is 1. The van der Waals surface area contributed by atoms with E-state index in [1.807, 2.05) is 59.5 Å². The highest BCUT2D eigenvalue weighted by Gasteiger charge is 2.32. The van der Waals surface area contributed by atoms with Crippen LogP contribution < -0.4 is 4.74 Å². The van der Waals surface area contributed by atoms with E-state index < -0.39 is 5.97 Å². The van der Waals surface area contributed by atoms with E-state index in [9.17, 15) is 19.2 Å². The summed E-state index contributed by atoms with van der Waals surface area (Å²) in [7, 11) is 4.75. The Labute approximate surface area is 247 Å². The van der Waals surface area contributed by atoms with Crippen LogP contribution in [0, 0.1) is 0 Å². The summed E-state index contributed by atoms with van der Waals surface area (Å²) >= 11 is 0. The van der Waals surface area contributed by atoms with Gasteiger partial charge in [0.25, 0.3) is 0 Å². The van der Waals surface area contributed by atoms with Gasteiger partial charge in [-0.15, -0.1) is 0 Å². The molecule has 3 rings (SSSR count). The number of esters is 2. The second kappa shape index (κ2) is 17.1. The van der Waals surface area contributed by atoms with Crippen molar-refractivity contribution in [1.29, 1.82) is 0 Å². The van der Waals surface area contributed by atoms with E-state index in [0.717, 1.165) is 16.9 Å². The number of hydrogen-bond donors (Lipinski definition) is 0. The standard InChI is InChI=1S/C31H41N3O8/c1-32(18-24-12-14-27(40-3)15-13-24)29(36)20-33-16-17-34(19-26(33)22-42-31(38)23-39-2)28(35)10-7-11-30(37)41-21-25-8-5-4-6-9-25/h4-6,8-9,12-15,26H,7,10-11,16-23H2,1-3H3. The molecule has 11 nitrogen and oxygen atoms in total. The third-order valence-electron chi connectivity index (χ3n) is 7.01. The molecule has 1 atom stereocenters. The maximum atomic E-state index is 13.1. The molecule has 1 aliphatic heterocycles. The number of nitrogens with zero attached hydrogens (tertiary/aromatic N) is 3. The summed E-state index contributed by atoms with van der Waals surface area (Å²) in [5.41, 5.74) is 1.87. The van der Waals surface area contributed by atoms with Crippen LogP contribution in [-0.2, 0) is 46.5 Å². The summed E-state index contributed by atoms with van der Waals surface area (Å²) in [6.45, 7) is 1.76. The van der Waals surface area contributed by atoms with E-state index in [2.05, 4.69) is 0 Å². The van der Waals surface area contributed by atoms with Gasteiger partial charge in [0.2, 0.25) is 11.8 Å². The Kier molecular flexibility index (Phi) is 13.3. The van der Waals surface area contributed by atoms with E-state index in [1.165, 1.54) is 7.11 Å². The van der Waals surface area contributed by atoms with Gasteiger partial charge >= 0.3 is 11.9 Å². The lowest BCUT2D eigenvalue weighted by atomic mass is 10.1. The number of amides is 2. The van der Waals surface area contributed by atoms with Crippen molar-refractivity contribution in [2.24, 2.45) is 0 Å². The minimum absolute atomic E-state index is 0.0211. The van der Waals surface area contributed by atoms with E-state index in [4.69, 9.17) is 18.9 Å². The van der Waals surface area contributed by atoms with Gasteiger partial charge in [0.1, 0.15) is 25.6 Å². The molecule has 2 aromatic carbocycles. The predicted molar refractivity (Wildman–Crippen MR) is 154 cm³/mol. The third-order valence-corrected chi connectivity index (χ3v) is 7.01. The Morgan fingerprint density at radius 1 is 0.881 bits per heavy atom. The van der Waals surface area contributed by atoms with Gasteiger partial charge < -0.3 is 28.7 Å². The third kappa shape index (κ3) is 10.8. The Morgan fingerprint density at radius 2 is 1.62 bits per heavy atom. The van der Waals surface area contributed by atoms with Crippen LogP contribution in [0.1, 0.15) is 30.4 Å². The lowest BCUT2D eigenvalue weighted by Gasteiger charge is -2.41. The fourth-order valence-corrected chi connectivity index (χ4v) is 4.57. The first kappa shape index (κ1) is 32.6. The van der Waals surface area contributed by atoms with Gasteiger partial charge in [-0.3, -0.25) is 19.3 Å². The largest absolute Gasteiger partial charge is 0.497 e. The molecular formula is C31H41N3O8. The van der Waals surface area contributed by atoms with E-state index in [0.29, 0.717) is 32.6 Å². The van der Waals surface area contributed by atoms with Crippen LogP contribution in [0.2, 0.25) is 0 Å². The summed E-state index contributed by atoms with van der Waals surface area (Å²) < 4.78 is 20.7. The number of benzene rings is 2. The van der Waals surface area contributed by atoms with Crippen LogP contribution in [0.15, 0.2) is 54.6 Å². The van der Waals surface area contributed by atoms with Gasteiger partial charge in [0.05, 0.1) is 19.7 Å². The first-order chi connectivity index (χ1) is 20.3. The predicted octanol–water partition coefficient (Wildman–Crippen LogP) is 2.27. The SMILES string of the molecule is COCC(=O)OCC1CN(C(=O)CCCC(=O)OCc2ccccc2)CCN1CC(=O)N(C)Cc1ccc(OC)cc1. The minimum Gasteiger partial charge on any atom is -0.497 e. The number of methoxy groups -OCH3 is 2. The normalized spacial score (nSPS) is 15.1. The van der Waals surface area contributed by atoms with Gasteiger partial charge in [0, 0.05) is 53.2 Å². The molecule has 0 radical (unpaired) electrons. The van der Waals surface area contributed by atoms with Crippen LogP contribution in [-0.4, -0.2) is 105 Å². The van der Waals surface area contributed by atoms with E-state index in [-0.39, 0.29) is 63.0 Å². The number of likely N-dealkylation sites (N-methyl/N-ethyl adjacent to an activating group) is 1. The Hall–Kier alpha value is -3.96. The number of carbonyl (C=O) groups excluding carboxylic acids is 4. The fraction of sp³-hybridized carbons (Fsp3) is 0.484. The molecule has 0 N–H and O–H groups in total. The van der Waals surface area contributed by atoms with Crippen molar-refractivity contribution in [3.8, 4) is 5.75 Å². The number of rotatable bonds is 15. The van der Waals surface area contributed by atoms with Crippen molar-refractivity contribution in [2.45, 2.75) is 38.5 Å². The second-order valence-electron chi connectivity index (χ2n) is 10.2. The van der Waals surface area contributed by atoms with Crippen molar-refractivity contribution in [3.63, 3.8) is 0 Å². The lowest BCUT2D eigenvalue weighted by Crippen LogP contribution is -2.58. The van der Waals surface area contributed by atoms with Crippen molar-refractivity contribution in [2.75, 3.05) is 60.7 Å². The number of hydrogen-bond acceptors (Lipinski definition) is 9. The van der Waals surface area contributed by atoms with Crippen molar-refractivity contribution < 1.29 is 38.1 Å². The highest BCUT2D eigenvalue weighted by Crippen LogP contribution is 2.16. The molecule has 0 spiro atoms. The summed E-state index contributed by atoms with van der Waals surface area (Å²) in [6, 6.07) is 16.6.